The molecule has 0 aliphatic carbocycles. The third kappa shape index (κ3) is 16.1. The van der Waals surface area contributed by atoms with E-state index in [2.05, 4.69) is 40.2 Å². The van der Waals surface area contributed by atoms with E-state index >= 15 is 0 Å². The van der Waals surface area contributed by atoms with Crippen molar-refractivity contribution >= 4 is 77.9 Å². The molecule has 0 aliphatic heterocycles. The van der Waals surface area contributed by atoms with Crippen LogP contribution in [0.3, 0.4) is 0 Å². The van der Waals surface area contributed by atoms with E-state index in [9.17, 15) is 67.0 Å². The number of anilines is 3. The Hall–Kier alpha value is -7.91. The number of sulfonamides is 2. The number of para-hydroxylation sites is 4. The molecule has 0 spiro atoms. The van der Waals surface area contributed by atoms with E-state index in [0.29, 0.717) is 5.69 Å². The van der Waals surface area contributed by atoms with Crippen LogP contribution in [-0.4, -0.2) is 55.9 Å². The van der Waals surface area contributed by atoms with Gasteiger partial charge in [0, 0.05) is 11.6 Å². The molecular weight excluding hydrogens is 1030 g/mol. The molecule has 0 bridgehead atoms. The first-order chi connectivity index (χ1) is 33.2. The average molecular weight is 1070 g/mol. The van der Waals surface area contributed by atoms with E-state index in [1.54, 1.807) is 48.5 Å². The first-order valence-electron chi connectivity index (χ1n) is 19.8. The standard InChI is InChI=1S/2C23H20N4O7S.Co.Na/c2*1-14(28)21(22(30)24-15-7-3-2-4-8-15)26-25-19-13-16(11-12-20(19)29)35(33,34)27-18-10-6-5-9-17(18)23(31)32;;/h2*2-13,27-29H,1H3,(H,24,30)(H,31,32);;/q;;+3;+1/p-4. The molecule has 0 atom stereocenters. The number of aliphatic hydroxyl groups excluding tert-OH is 1. The molecule has 0 fully saturated rings. The summed E-state index contributed by atoms with van der Waals surface area (Å²) in [6, 6.07) is 32.8. The van der Waals surface area contributed by atoms with Gasteiger partial charge in [-0.15, -0.1) is 10.9 Å². The predicted octanol–water partition coefficient (Wildman–Crippen LogP) is 2.80. The number of aliphatic hydroxyl groups is 1. The van der Waals surface area contributed by atoms with Gasteiger partial charge in [-0.25, -0.2) is 26.4 Å². The maximum Gasteiger partial charge on any atom is 3.00 e. The number of aliphatic imine (C=N–C) groups is 1. The number of amides is 1. The van der Waals surface area contributed by atoms with Gasteiger partial charge in [0.05, 0.1) is 55.1 Å². The van der Waals surface area contributed by atoms with E-state index in [0.717, 1.165) is 43.3 Å². The number of hydrogen-bond donors (Lipinski definition) is 6. The van der Waals surface area contributed by atoms with Crippen LogP contribution in [0.2, 0.25) is 0 Å². The Morgan fingerprint density at radius 2 is 0.958 bits per heavy atom. The molecule has 0 heterocycles. The summed E-state index contributed by atoms with van der Waals surface area (Å²) in [5.74, 6) is -7.14. The smallest absolute Gasteiger partial charge is 0.874 e. The summed E-state index contributed by atoms with van der Waals surface area (Å²) in [7, 11) is -8.65. The normalized spacial score (nSPS) is 12.2. The number of benzene rings is 6. The first-order valence-corrected chi connectivity index (χ1v) is 22.7. The molecule has 26 heteroatoms. The van der Waals surface area contributed by atoms with Crippen LogP contribution in [0.1, 0.15) is 34.6 Å². The molecule has 72 heavy (non-hydrogen) atoms. The number of carbonyl (C=O) groups is 3. The van der Waals surface area contributed by atoms with Gasteiger partial charge < -0.3 is 41.1 Å². The number of carboxylic acid groups (broad SMARTS) is 2. The van der Waals surface area contributed by atoms with E-state index in [-0.39, 0.29) is 74.5 Å². The van der Waals surface area contributed by atoms with Crippen LogP contribution in [0, 0.1) is 0 Å². The third-order valence-corrected chi connectivity index (χ3v) is 11.6. The zero-order valence-electron chi connectivity index (χ0n) is 37.6. The number of rotatable bonds is 16. The fourth-order valence-electron chi connectivity index (χ4n) is 5.55. The number of aromatic carboxylic acids is 2. The summed E-state index contributed by atoms with van der Waals surface area (Å²) >= 11 is 0. The van der Waals surface area contributed by atoms with Crippen molar-refractivity contribution in [2.24, 2.45) is 25.4 Å². The van der Waals surface area contributed by atoms with E-state index in [1.165, 1.54) is 67.6 Å². The summed E-state index contributed by atoms with van der Waals surface area (Å²) in [6.45, 7) is 2.26. The van der Waals surface area contributed by atoms with Crippen molar-refractivity contribution in [3.63, 3.8) is 0 Å². The molecule has 0 aromatic heterocycles. The minimum absolute atomic E-state index is 0. The van der Waals surface area contributed by atoms with Crippen LogP contribution in [0.15, 0.2) is 204 Å². The monoisotopic (exact) mass is 1070 g/mol. The number of nitrogens with zero attached hydrogens (tertiary/aromatic N) is 5. The minimum atomic E-state index is -4.33. The third-order valence-electron chi connectivity index (χ3n) is 8.91. The molecule has 366 valence electrons. The quantitative estimate of drug-likeness (QED) is 0.0203. The van der Waals surface area contributed by atoms with Gasteiger partial charge in [0.1, 0.15) is 5.76 Å². The second-order valence-corrected chi connectivity index (χ2v) is 17.3. The van der Waals surface area contributed by atoms with Crippen molar-refractivity contribution in [2.45, 2.75) is 23.6 Å². The number of carbonyl (C=O) groups excluding carboxylic acids is 1. The maximum absolute atomic E-state index is 12.8. The van der Waals surface area contributed by atoms with Gasteiger partial charge in [-0.3, -0.25) is 19.2 Å². The van der Waals surface area contributed by atoms with Gasteiger partial charge in [0.2, 0.25) is 0 Å². The van der Waals surface area contributed by atoms with Crippen molar-refractivity contribution < 1.29 is 113 Å². The Bertz CT molecular complexity index is 3340. The molecule has 0 saturated carbocycles. The topological polar surface area (TPSA) is 370 Å². The van der Waals surface area contributed by atoms with Gasteiger partial charge in [0.15, 0.2) is 5.70 Å². The van der Waals surface area contributed by atoms with Crippen LogP contribution in [-0.2, 0) is 41.6 Å². The van der Waals surface area contributed by atoms with Gasteiger partial charge in [-0.1, -0.05) is 91.2 Å². The SMILES string of the molecule is CC(O)=C(N=Nc1cc(S(=O)(=O)Nc2ccccc2C(=O)O)ccc1[O-])C(=O)Nc1ccccc1.CC([O-])=C(N=Nc1cc(S(=O)(=O)Nc2ccccc2C(=O)O)ccc1[O-])C([O-])=Nc1ccccc1.[Co+3].[Na+]. The minimum Gasteiger partial charge on any atom is -0.874 e. The molecule has 0 radical (unpaired) electrons. The average Bonchev–Trinajstić information content (AvgIpc) is 3.30. The number of nitrogens with one attached hydrogen (secondary N) is 3. The van der Waals surface area contributed by atoms with Gasteiger partial charge in [0.25, 0.3) is 26.0 Å². The Balaban J connectivity index is 0.000000370. The summed E-state index contributed by atoms with van der Waals surface area (Å²) < 4.78 is 55.5. The Morgan fingerprint density at radius 3 is 1.38 bits per heavy atom. The fraction of sp³-hybridized carbons (Fsp3) is 0.0435. The molecule has 6 rings (SSSR count). The Morgan fingerprint density at radius 1 is 0.556 bits per heavy atom. The summed E-state index contributed by atoms with van der Waals surface area (Å²) in [5, 5.41) is 94.0. The molecule has 0 saturated heterocycles. The van der Waals surface area contributed by atoms with Crippen molar-refractivity contribution in [1.82, 2.24) is 0 Å². The van der Waals surface area contributed by atoms with Crippen LogP contribution >= 0.6 is 0 Å². The number of hydrogen-bond acceptors (Lipinski definition) is 17. The summed E-state index contributed by atoms with van der Waals surface area (Å²) in [4.78, 5) is 38.1. The molecular formula is C46H36CoN8NaO14S2. The van der Waals surface area contributed by atoms with Crippen molar-refractivity contribution in [3.8, 4) is 11.5 Å². The maximum atomic E-state index is 12.8. The molecule has 6 N–H and O–H groups in total. The van der Waals surface area contributed by atoms with Crippen LogP contribution in [0.4, 0.5) is 34.1 Å². The molecule has 6 aromatic carbocycles. The van der Waals surface area contributed by atoms with Gasteiger partial charge in [-0.05, 0) is 79.7 Å². The number of carboxylic acids is 2. The number of allylic oxidation sites excluding steroid dienone is 2. The van der Waals surface area contributed by atoms with Gasteiger partial charge >= 0.3 is 58.3 Å². The van der Waals surface area contributed by atoms with Crippen molar-refractivity contribution in [3.05, 3.63) is 180 Å². The Kier molecular flexibility index (Phi) is 21.4. The van der Waals surface area contributed by atoms with Crippen LogP contribution in [0.5, 0.6) is 11.5 Å². The van der Waals surface area contributed by atoms with Crippen LogP contribution < -0.4 is 64.7 Å². The second kappa shape index (κ2) is 26.3. The molecule has 0 aliphatic rings. The molecule has 6 aromatic rings. The summed E-state index contributed by atoms with van der Waals surface area (Å²) in [6.07, 6.45) is 0. The van der Waals surface area contributed by atoms with Gasteiger partial charge in [-0.2, -0.15) is 15.3 Å². The zero-order valence-corrected chi connectivity index (χ0v) is 42.2. The Labute approximate surface area is 443 Å². The van der Waals surface area contributed by atoms with Crippen molar-refractivity contribution in [1.29, 1.82) is 0 Å². The molecule has 0 unspecified atom stereocenters. The van der Waals surface area contributed by atoms with Crippen LogP contribution in [0.25, 0.3) is 0 Å². The second-order valence-electron chi connectivity index (χ2n) is 14.0. The largest absolute Gasteiger partial charge is 3.00 e. The zero-order chi connectivity index (χ0) is 51.2. The van der Waals surface area contributed by atoms with E-state index in [1.807, 2.05) is 0 Å². The summed E-state index contributed by atoms with van der Waals surface area (Å²) in [5.41, 5.74) is -2.25. The van der Waals surface area contributed by atoms with E-state index < -0.39 is 99.4 Å². The van der Waals surface area contributed by atoms with Crippen molar-refractivity contribution in [2.75, 3.05) is 14.8 Å². The first kappa shape index (κ1) is 58.4. The predicted molar refractivity (Wildman–Crippen MR) is 246 cm³/mol. The van der Waals surface area contributed by atoms with E-state index in [4.69, 9.17) is 0 Å². The molecule has 22 nitrogen and oxygen atoms in total. The number of azo groups is 2. The molecule has 1 amide bonds. The fourth-order valence-corrected chi connectivity index (χ4v) is 7.75.